The molecule has 0 saturated carbocycles. The summed E-state index contributed by atoms with van der Waals surface area (Å²) in [6.07, 6.45) is -12.6. The summed E-state index contributed by atoms with van der Waals surface area (Å²) < 4.78 is 107. The molecular formula is C14H13F6N7O6S. The van der Waals surface area contributed by atoms with Crippen molar-refractivity contribution in [2.75, 3.05) is 19.0 Å². The number of nitrogens with zero attached hydrogens (tertiary/aromatic N) is 6. The van der Waals surface area contributed by atoms with Crippen LogP contribution >= 0.6 is 0 Å². The van der Waals surface area contributed by atoms with Gasteiger partial charge in [0.2, 0.25) is 5.95 Å². The van der Waals surface area contributed by atoms with E-state index in [0.29, 0.717) is 12.4 Å². The lowest BCUT2D eigenvalue weighted by Crippen LogP contribution is -2.49. The smallest absolute Gasteiger partial charge is 0.425 e. The van der Waals surface area contributed by atoms with Crippen molar-refractivity contribution in [2.24, 2.45) is 0 Å². The van der Waals surface area contributed by atoms with Crippen LogP contribution in [0.3, 0.4) is 0 Å². The summed E-state index contributed by atoms with van der Waals surface area (Å²) in [7, 11) is -4.27. The molecule has 188 valence electrons. The van der Waals surface area contributed by atoms with Gasteiger partial charge in [-0.3, -0.25) is 14.9 Å². The van der Waals surface area contributed by atoms with Gasteiger partial charge in [-0.15, -0.1) is 0 Å². The SMILES string of the molecule is COc1nc(C)nc(NC(=O)C(ON(OCC(F)(F)F)S(=O)(=O)c2cncnc2)C(F)(F)F)n1. The molecule has 2 aromatic rings. The number of alkyl halides is 6. The second-order valence-corrected chi connectivity index (χ2v) is 7.59. The van der Waals surface area contributed by atoms with Crippen LogP contribution in [0.25, 0.3) is 0 Å². The number of methoxy groups -OCH3 is 1. The van der Waals surface area contributed by atoms with E-state index >= 15 is 0 Å². The van der Waals surface area contributed by atoms with Gasteiger partial charge in [0.15, 0.2) is 6.61 Å². The fourth-order valence-corrected chi connectivity index (χ4v) is 2.86. The molecule has 1 atom stereocenters. The number of hydrogen-bond donors (Lipinski definition) is 1. The van der Waals surface area contributed by atoms with Crippen molar-refractivity contribution < 1.29 is 54.0 Å². The van der Waals surface area contributed by atoms with Crippen LogP contribution in [-0.2, 0) is 24.5 Å². The molecule has 1 amide bonds. The van der Waals surface area contributed by atoms with Crippen molar-refractivity contribution in [3.63, 3.8) is 0 Å². The molecule has 2 rings (SSSR count). The number of sulfonamides is 1. The summed E-state index contributed by atoms with van der Waals surface area (Å²) in [5.74, 6) is -2.96. The highest BCUT2D eigenvalue weighted by Gasteiger charge is 2.50. The van der Waals surface area contributed by atoms with Crippen LogP contribution in [0.4, 0.5) is 32.3 Å². The van der Waals surface area contributed by atoms with Gasteiger partial charge in [-0.05, 0) is 6.92 Å². The molecule has 0 spiro atoms. The van der Waals surface area contributed by atoms with Gasteiger partial charge < -0.3 is 4.74 Å². The molecule has 0 aliphatic rings. The Morgan fingerprint density at radius 3 is 2.26 bits per heavy atom. The Balaban J connectivity index is 2.40. The van der Waals surface area contributed by atoms with Crippen molar-refractivity contribution in [3.8, 4) is 6.01 Å². The lowest BCUT2D eigenvalue weighted by atomic mass is 10.3. The number of aromatic nitrogens is 5. The molecule has 0 saturated heterocycles. The minimum Gasteiger partial charge on any atom is -0.467 e. The molecule has 2 heterocycles. The van der Waals surface area contributed by atoms with Gasteiger partial charge in [-0.25, -0.2) is 23.2 Å². The molecule has 1 unspecified atom stereocenters. The summed E-state index contributed by atoms with van der Waals surface area (Å²) >= 11 is 0. The third-order valence-corrected chi connectivity index (χ3v) is 4.63. The second kappa shape index (κ2) is 10.4. The average molecular weight is 521 g/mol. The zero-order valence-corrected chi connectivity index (χ0v) is 17.6. The van der Waals surface area contributed by atoms with Gasteiger partial charge in [0, 0.05) is 0 Å². The van der Waals surface area contributed by atoms with Crippen molar-refractivity contribution in [1.82, 2.24) is 29.6 Å². The summed E-state index contributed by atoms with van der Waals surface area (Å²) in [4.78, 5) is 36.5. The van der Waals surface area contributed by atoms with Crippen LogP contribution in [-0.4, -0.2) is 76.0 Å². The molecule has 2 aromatic heterocycles. The first-order valence-electron chi connectivity index (χ1n) is 8.44. The Hall–Kier alpha value is -3.23. The molecule has 0 aliphatic carbocycles. The quantitative estimate of drug-likeness (QED) is 0.370. The average Bonchev–Trinajstić information content (AvgIpc) is 2.71. The fraction of sp³-hybridized carbons (Fsp3) is 0.429. The third-order valence-electron chi connectivity index (χ3n) is 3.24. The largest absolute Gasteiger partial charge is 0.467 e. The number of ether oxygens (including phenoxy) is 1. The zero-order valence-electron chi connectivity index (χ0n) is 16.8. The van der Waals surface area contributed by atoms with Crippen molar-refractivity contribution in [3.05, 3.63) is 24.5 Å². The molecular weight excluding hydrogens is 508 g/mol. The van der Waals surface area contributed by atoms with Crippen LogP contribution in [0, 0.1) is 6.92 Å². The van der Waals surface area contributed by atoms with Crippen molar-refractivity contribution in [1.29, 1.82) is 0 Å². The zero-order chi connectivity index (χ0) is 25.7. The number of aryl methyl sites for hydroxylation is 1. The Kier molecular flexibility index (Phi) is 8.23. The summed E-state index contributed by atoms with van der Waals surface area (Å²) in [6, 6.07) is -0.394. The lowest BCUT2D eigenvalue weighted by Gasteiger charge is -2.26. The third kappa shape index (κ3) is 7.40. The van der Waals surface area contributed by atoms with Crippen molar-refractivity contribution >= 4 is 21.9 Å². The number of anilines is 1. The summed E-state index contributed by atoms with van der Waals surface area (Å²) in [5, 5.41) is 1.58. The molecule has 34 heavy (non-hydrogen) atoms. The molecule has 20 heteroatoms. The lowest BCUT2D eigenvalue weighted by molar-refractivity contribution is -0.374. The molecule has 0 aliphatic heterocycles. The van der Waals surface area contributed by atoms with E-state index in [2.05, 4.69) is 39.3 Å². The van der Waals surface area contributed by atoms with E-state index in [4.69, 9.17) is 0 Å². The van der Waals surface area contributed by atoms with Crippen LogP contribution < -0.4 is 10.1 Å². The minimum absolute atomic E-state index is 0.0894. The Labute approximate surface area is 186 Å². The molecule has 1 N–H and O–H groups in total. The minimum atomic E-state index is -5.65. The fourth-order valence-electron chi connectivity index (χ4n) is 1.91. The number of hydrogen-bond acceptors (Lipinski definition) is 11. The van der Waals surface area contributed by atoms with Gasteiger partial charge in [0.25, 0.3) is 22.0 Å². The van der Waals surface area contributed by atoms with E-state index in [-0.39, 0.29) is 5.82 Å². The maximum atomic E-state index is 13.5. The first kappa shape index (κ1) is 27.0. The predicted molar refractivity (Wildman–Crippen MR) is 93.7 cm³/mol. The normalized spacial score (nSPS) is 13.6. The van der Waals surface area contributed by atoms with Crippen LogP contribution in [0.15, 0.2) is 23.6 Å². The van der Waals surface area contributed by atoms with Gasteiger partial charge in [0.05, 0.1) is 24.1 Å². The summed E-state index contributed by atoms with van der Waals surface area (Å²) in [6.45, 7) is -1.12. The van der Waals surface area contributed by atoms with E-state index in [1.54, 1.807) is 5.32 Å². The van der Waals surface area contributed by atoms with Gasteiger partial charge in [0.1, 0.15) is 17.0 Å². The Morgan fingerprint density at radius 1 is 1.12 bits per heavy atom. The van der Waals surface area contributed by atoms with E-state index in [0.717, 1.165) is 13.4 Å². The number of halogens is 6. The van der Waals surface area contributed by atoms with Crippen LogP contribution in [0.2, 0.25) is 0 Å². The standard InChI is InChI=1S/C14H13F6N7O6S/c1-7-23-11(26-12(24-7)31-2)25-10(28)9(14(18,19)20)33-27(32-5-13(15,16)17)34(29,30)8-3-21-6-22-4-8/h3-4,6,9H,5H2,1-2H3,(H,23,24,25,26,28). The highest BCUT2D eigenvalue weighted by atomic mass is 32.2. The Morgan fingerprint density at radius 2 is 1.74 bits per heavy atom. The molecule has 0 fully saturated rings. The first-order valence-corrected chi connectivity index (χ1v) is 9.88. The Bertz CT molecular complexity index is 1100. The topological polar surface area (TPSA) is 159 Å². The maximum Gasteiger partial charge on any atom is 0.425 e. The van der Waals surface area contributed by atoms with E-state index in [1.165, 1.54) is 6.92 Å². The molecule has 0 aromatic carbocycles. The van der Waals surface area contributed by atoms with Gasteiger partial charge in [-0.1, -0.05) is 0 Å². The second-order valence-electron chi connectivity index (χ2n) is 5.87. The van der Waals surface area contributed by atoms with Crippen LogP contribution in [0.5, 0.6) is 6.01 Å². The predicted octanol–water partition coefficient (Wildman–Crippen LogP) is 0.964. The van der Waals surface area contributed by atoms with E-state index in [1.807, 2.05) is 0 Å². The summed E-state index contributed by atoms with van der Waals surface area (Å²) in [5.41, 5.74) is 0. The number of rotatable bonds is 9. The number of carbonyl (C=O) groups is 1. The molecule has 13 nitrogen and oxygen atoms in total. The molecule has 0 bridgehead atoms. The van der Waals surface area contributed by atoms with E-state index in [9.17, 15) is 39.6 Å². The van der Waals surface area contributed by atoms with Crippen LogP contribution in [0.1, 0.15) is 5.82 Å². The van der Waals surface area contributed by atoms with Gasteiger partial charge >= 0.3 is 18.4 Å². The van der Waals surface area contributed by atoms with Gasteiger partial charge in [-0.2, -0.15) is 41.3 Å². The first-order chi connectivity index (χ1) is 15.6. The molecule has 0 radical (unpaired) electrons. The number of carbonyl (C=O) groups excluding carboxylic acids is 1. The number of amides is 1. The monoisotopic (exact) mass is 521 g/mol. The highest BCUT2D eigenvalue weighted by Crippen LogP contribution is 2.28. The maximum absolute atomic E-state index is 13.5. The van der Waals surface area contributed by atoms with Crippen molar-refractivity contribution in [2.45, 2.75) is 30.3 Å². The number of nitrogens with one attached hydrogen (secondary N) is 1. The highest BCUT2D eigenvalue weighted by molar-refractivity contribution is 7.88. The van der Waals surface area contributed by atoms with E-state index < -0.39 is 62.5 Å².